The van der Waals surface area contributed by atoms with Gasteiger partial charge in [-0.2, -0.15) is 0 Å². The van der Waals surface area contributed by atoms with Gasteiger partial charge in [-0.25, -0.2) is 4.79 Å². The smallest absolute Gasteiger partial charge is 0.413 e. The number of nitrogens with one attached hydrogen (secondary N) is 1. The second-order valence-electron chi connectivity index (χ2n) is 4.53. The highest BCUT2D eigenvalue weighted by Gasteiger charge is 2.22. The highest BCUT2D eigenvalue weighted by molar-refractivity contribution is 5.92. The second kappa shape index (κ2) is 8.49. The number of nitrogens with zero attached hydrogens (tertiary/aromatic N) is 1. The number of piperidine rings is 1. The Balaban J connectivity index is 2.17. The molecule has 0 unspecified atom stereocenters. The van der Waals surface area contributed by atoms with E-state index in [-0.39, 0.29) is 25.7 Å². The molecule has 0 bridgehead atoms. The summed E-state index contributed by atoms with van der Waals surface area (Å²) in [5.41, 5.74) is 0. The highest BCUT2D eigenvalue weighted by atomic mass is 16.5. The summed E-state index contributed by atoms with van der Waals surface area (Å²) in [7, 11) is 1.20. The van der Waals surface area contributed by atoms with Crippen molar-refractivity contribution in [3.05, 3.63) is 0 Å². The fraction of sp³-hybridized carbons (Fsp3) is 0.750. The molecular weight excluding hydrogens is 268 g/mol. The molecule has 0 spiro atoms. The van der Waals surface area contributed by atoms with Gasteiger partial charge in [0.15, 0.2) is 0 Å². The van der Waals surface area contributed by atoms with Gasteiger partial charge in [0.05, 0.1) is 32.8 Å². The molecule has 0 aliphatic carbocycles. The van der Waals surface area contributed by atoms with Crippen molar-refractivity contribution in [3.63, 3.8) is 0 Å². The highest BCUT2D eigenvalue weighted by Crippen LogP contribution is 2.13. The number of imide groups is 1. The number of amides is 2. The van der Waals surface area contributed by atoms with Crippen LogP contribution in [0.3, 0.4) is 0 Å². The minimum absolute atomic E-state index is 0.00174. The Morgan fingerprint density at radius 3 is 2.50 bits per heavy atom. The minimum atomic E-state index is -0.873. The van der Waals surface area contributed by atoms with Gasteiger partial charge >= 0.3 is 12.1 Å². The van der Waals surface area contributed by atoms with Gasteiger partial charge in [0.2, 0.25) is 5.91 Å². The molecule has 114 valence electrons. The molecule has 0 aromatic rings. The third-order valence-electron chi connectivity index (χ3n) is 3.00. The van der Waals surface area contributed by atoms with Crippen LogP contribution in [0.15, 0.2) is 0 Å². The Hall–Kier alpha value is -1.67. The van der Waals surface area contributed by atoms with Gasteiger partial charge < -0.3 is 14.6 Å². The minimum Gasteiger partial charge on any atom is -0.481 e. The van der Waals surface area contributed by atoms with Gasteiger partial charge in [0.25, 0.3) is 0 Å². The van der Waals surface area contributed by atoms with Gasteiger partial charge in [-0.15, -0.1) is 0 Å². The summed E-state index contributed by atoms with van der Waals surface area (Å²) in [6, 6.07) is 0. The molecule has 0 atom stereocenters. The number of carboxylic acid groups (broad SMARTS) is 1. The van der Waals surface area contributed by atoms with Crippen molar-refractivity contribution in [1.82, 2.24) is 10.2 Å². The summed E-state index contributed by atoms with van der Waals surface area (Å²) in [6.07, 6.45) is 0.758. The van der Waals surface area contributed by atoms with Crippen molar-refractivity contribution in [2.24, 2.45) is 0 Å². The molecule has 2 N–H and O–H groups in total. The van der Waals surface area contributed by atoms with Gasteiger partial charge in [-0.1, -0.05) is 0 Å². The average Bonchev–Trinajstić information content (AvgIpc) is 2.40. The van der Waals surface area contributed by atoms with Crippen LogP contribution in [-0.4, -0.2) is 67.4 Å². The molecule has 1 heterocycles. The van der Waals surface area contributed by atoms with E-state index in [0.29, 0.717) is 13.1 Å². The van der Waals surface area contributed by atoms with E-state index in [2.05, 4.69) is 10.1 Å². The standard InChI is InChI=1S/C12H20N2O6/c1-19-12(18)13-10(15)8-14-5-2-9(3-6-14)20-7-4-11(16)17/h9H,2-8H2,1H3,(H,16,17)(H,13,15,18). The number of methoxy groups -OCH3 is 1. The predicted octanol–water partition coefficient (Wildman–Crippen LogP) is -0.175. The van der Waals surface area contributed by atoms with Crippen LogP contribution in [0.5, 0.6) is 0 Å². The van der Waals surface area contributed by atoms with Crippen LogP contribution in [0.2, 0.25) is 0 Å². The van der Waals surface area contributed by atoms with Crippen LogP contribution in [0.4, 0.5) is 4.79 Å². The van der Waals surface area contributed by atoms with Crippen molar-refractivity contribution < 1.29 is 29.0 Å². The van der Waals surface area contributed by atoms with E-state index in [1.54, 1.807) is 0 Å². The lowest BCUT2D eigenvalue weighted by molar-refractivity contribution is -0.139. The number of hydrogen-bond donors (Lipinski definition) is 2. The van der Waals surface area contributed by atoms with E-state index in [1.807, 2.05) is 4.90 Å². The van der Waals surface area contributed by atoms with Gasteiger partial charge in [-0.05, 0) is 12.8 Å². The van der Waals surface area contributed by atoms with Crippen molar-refractivity contribution in [2.45, 2.75) is 25.4 Å². The maximum Gasteiger partial charge on any atom is 0.413 e. The van der Waals surface area contributed by atoms with E-state index >= 15 is 0 Å². The zero-order valence-corrected chi connectivity index (χ0v) is 11.5. The largest absolute Gasteiger partial charge is 0.481 e. The Bertz CT molecular complexity index is 352. The Kier molecular flexibility index (Phi) is 6.96. The quantitative estimate of drug-likeness (QED) is 0.698. The molecule has 2 amide bonds. The topological polar surface area (TPSA) is 105 Å². The number of aliphatic carboxylic acids is 1. The Labute approximate surface area is 117 Å². The molecular formula is C12H20N2O6. The van der Waals surface area contributed by atoms with E-state index in [0.717, 1.165) is 12.8 Å². The zero-order valence-electron chi connectivity index (χ0n) is 11.5. The number of carbonyl (C=O) groups is 3. The maximum atomic E-state index is 11.5. The molecule has 1 fully saturated rings. The molecule has 0 aromatic heterocycles. The molecule has 0 aromatic carbocycles. The fourth-order valence-electron chi connectivity index (χ4n) is 1.95. The molecule has 8 nitrogen and oxygen atoms in total. The Morgan fingerprint density at radius 1 is 1.30 bits per heavy atom. The van der Waals surface area contributed by atoms with Crippen LogP contribution < -0.4 is 5.32 Å². The molecule has 0 saturated carbocycles. The fourth-order valence-corrected chi connectivity index (χ4v) is 1.95. The SMILES string of the molecule is COC(=O)NC(=O)CN1CCC(OCCC(=O)O)CC1. The maximum absolute atomic E-state index is 11.5. The van der Waals surface area contributed by atoms with Crippen molar-refractivity contribution in [1.29, 1.82) is 0 Å². The third-order valence-corrected chi connectivity index (χ3v) is 3.00. The van der Waals surface area contributed by atoms with Crippen LogP contribution in [0.25, 0.3) is 0 Å². The number of hydrogen-bond acceptors (Lipinski definition) is 6. The van der Waals surface area contributed by atoms with E-state index in [9.17, 15) is 14.4 Å². The first kappa shape index (κ1) is 16.4. The molecule has 8 heteroatoms. The van der Waals surface area contributed by atoms with Crippen molar-refractivity contribution in [2.75, 3.05) is 33.4 Å². The zero-order chi connectivity index (χ0) is 15.0. The molecule has 20 heavy (non-hydrogen) atoms. The first-order valence-corrected chi connectivity index (χ1v) is 6.45. The van der Waals surface area contributed by atoms with E-state index in [4.69, 9.17) is 9.84 Å². The number of alkyl carbamates (subject to hydrolysis) is 1. The van der Waals surface area contributed by atoms with Gasteiger partial charge in [0, 0.05) is 13.1 Å². The van der Waals surface area contributed by atoms with Gasteiger partial charge in [0.1, 0.15) is 0 Å². The Morgan fingerprint density at radius 2 is 1.95 bits per heavy atom. The van der Waals surface area contributed by atoms with Crippen LogP contribution in [0, 0.1) is 0 Å². The van der Waals surface area contributed by atoms with E-state index in [1.165, 1.54) is 7.11 Å². The van der Waals surface area contributed by atoms with Crippen LogP contribution in [0.1, 0.15) is 19.3 Å². The van der Waals surface area contributed by atoms with E-state index < -0.39 is 18.0 Å². The summed E-state index contributed by atoms with van der Waals surface area (Å²) in [5, 5.41) is 10.6. The average molecular weight is 288 g/mol. The number of rotatable bonds is 6. The first-order valence-electron chi connectivity index (χ1n) is 6.45. The number of carboxylic acids is 1. The van der Waals surface area contributed by atoms with Gasteiger partial charge in [-0.3, -0.25) is 19.8 Å². The first-order chi connectivity index (χ1) is 9.51. The molecule has 1 aliphatic heterocycles. The predicted molar refractivity (Wildman–Crippen MR) is 68.2 cm³/mol. The summed E-state index contributed by atoms with van der Waals surface area (Å²) in [6.45, 7) is 1.69. The number of likely N-dealkylation sites (tertiary alicyclic amines) is 1. The monoisotopic (exact) mass is 288 g/mol. The number of ether oxygens (including phenoxy) is 2. The molecule has 1 aliphatic rings. The van der Waals surface area contributed by atoms with Crippen LogP contribution >= 0.6 is 0 Å². The van der Waals surface area contributed by atoms with Crippen molar-refractivity contribution in [3.8, 4) is 0 Å². The second-order valence-corrected chi connectivity index (χ2v) is 4.53. The normalized spacial score (nSPS) is 16.6. The van der Waals surface area contributed by atoms with Crippen LogP contribution in [-0.2, 0) is 19.1 Å². The van der Waals surface area contributed by atoms with Crippen molar-refractivity contribution >= 4 is 18.0 Å². The summed E-state index contributed by atoms with van der Waals surface area (Å²) in [4.78, 5) is 34.6. The lowest BCUT2D eigenvalue weighted by Crippen LogP contribution is -2.44. The molecule has 0 radical (unpaired) electrons. The lowest BCUT2D eigenvalue weighted by atomic mass is 10.1. The summed E-state index contributed by atoms with van der Waals surface area (Å²) in [5.74, 6) is -1.27. The molecule has 1 rings (SSSR count). The summed E-state index contributed by atoms with van der Waals surface area (Å²) < 4.78 is 9.78. The third kappa shape index (κ3) is 6.48. The molecule has 1 saturated heterocycles. The summed E-state index contributed by atoms with van der Waals surface area (Å²) >= 11 is 0. The lowest BCUT2D eigenvalue weighted by Gasteiger charge is -2.31. The number of carbonyl (C=O) groups excluding carboxylic acids is 2.